The van der Waals surface area contributed by atoms with Crippen LogP contribution in [0.15, 0.2) is 42.5 Å². The van der Waals surface area contributed by atoms with E-state index < -0.39 is 0 Å². The zero-order chi connectivity index (χ0) is 16.9. The van der Waals surface area contributed by atoms with Gasteiger partial charge in [0.1, 0.15) is 18.1 Å². The molecule has 0 aliphatic carbocycles. The molecule has 0 aromatic heterocycles. The number of benzene rings is 2. The van der Waals surface area contributed by atoms with Gasteiger partial charge in [0.05, 0.1) is 19.6 Å². The van der Waals surface area contributed by atoms with E-state index in [4.69, 9.17) is 14.2 Å². The summed E-state index contributed by atoms with van der Waals surface area (Å²) in [5.41, 5.74) is 2.82. The van der Waals surface area contributed by atoms with Gasteiger partial charge in [-0.05, 0) is 35.7 Å². The Kier molecular flexibility index (Phi) is 5.01. The maximum absolute atomic E-state index is 12.5. The Morgan fingerprint density at radius 3 is 2.92 bits per heavy atom. The van der Waals surface area contributed by atoms with Crippen LogP contribution in [0, 0.1) is 5.92 Å². The summed E-state index contributed by atoms with van der Waals surface area (Å²) in [5.74, 6) is 1.30. The number of hydrogen-bond acceptors (Lipinski definition) is 4. The van der Waals surface area contributed by atoms with Crippen LogP contribution in [0.1, 0.15) is 11.1 Å². The van der Waals surface area contributed by atoms with Crippen LogP contribution < -0.4 is 14.8 Å². The summed E-state index contributed by atoms with van der Waals surface area (Å²) < 4.78 is 16.1. The standard InChI is InChI=1S/C19H21NO4/c1-22-11-13-4-3-5-16(8-13)20-19(21)15-9-14-6-7-17(23-2)10-18(14)24-12-15/h3-8,10,15H,9,11-12H2,1-2H3,(H,20,21). The van der Waals surface area contributed by atoms with Crippen LogP contribution in [-0.4, -0.2) is 26.7 Å². The molecule has 0 radical (unpaired) electrons. The molecule has 1 N–H and O–H groups in total. The number of methoxy groups -OCH3 is 2. The molecule has 1 aliphatic heterocycles. The second-order valence-electron chi connectivity index (χ2n) is 5.81. The van der Waals surface area contributed by atoms with Crippen molar-refractivity contribution in [2.45, 2.75) is 13.0 Å². The van der Waals surface area contributed by atoms with Crippen LogP contribution >= 0.6 is 0 Å². The second kappa shape index (κ2) is 7.36. The van der Waals surface area contributed by atoms with Crippen molar-refractivity contribution in [2.24, 2.45) is 5.92 Å². The predicted molar refractivity (Wildman–Crippen MR) is 91.5 cm³/mol. The molecule has 24 heavy (non-hydrogen) atoms. The van der Waals surface area contributed by atoms with Crippen molar-refractivity contribution in [3.63, 3.8) is 0 Å². The number of amides is 1. The van der Waals surface area contributed by atoms with Crippen molar-refractivity contribution in [3.05, 3.63) is 53.6 Å². The van der Waals surface area contributed by atoms with Crippen LogP contribution in [-0.2, 0) is 22.6 Å². The smallest absolute Gasteiger partial charge is 0.231 e. The molecule has 0 spiro atoms. The van der Waals surface area contributed by atoms with E-state index in [-0.39, 0.29) is 11.8 Å². The summed E-state index contributed by atoms with van der Waals surface area (Å²) >= 11 is 0. The topological polar surface area (TPSA) is 56.8 Å². The number of rotatable bonds is 5. The molecule has 1 heterocycles. The van der Waals surface area contributed by atoms with Crippen molar-refractivity contribution >= 4 is 11.6 Å². The lowest BCUT2D eigenvalue weighted by atomic mass is 9.95. The Bertz CT molecular complexity index is 729. The molecule has 0 saturated carbocycles. The summed E-state index contributed by atoms with van der Waals surface area (Å²) in [7, 11) is 3.27. The molecule has 3 rings (SSSR count). The lowest BCUT2D eigenvalue weighted by Gasteiger charge is -2.25. The Balaban J connectivity index is 1.67. The molecule has 1 amide bonds. The molecule has 2 aromatic rings. The molecular formula is C19H21NO4. The fraction of sp³-hybridized carbons (Fsp3) is 0.316. The zero-order valence-electron chi connectivity index (χ0n) is 13.9. The number of anilines is 1. The predicted octanol–water partition coefficient (Wildman–Crippen LogP) is 3.03. The summed E-state index contributed by atoms with van der Waals surface area (Å²) in [6.07, 6.45) is 0.656. The normalized spacial score (nSPS) is 16.0. The average Bonchev–Trinajstić information content (AvgIpc) is 2.61. The second-order valence-corrected chi connectivity index (χ2v) is 5.81. The van der Waals surface area contributed by atoms with Gasteiger partial charge in [-0.15, -0.1) is 0 Å². The van der Waals surface area contributed by atoms with Crippen molar-refractivity contribution in [1.29, 1.82) is 0 Å². The van der Waals surface area contributed by atoms with Gasteiger partial charge in [-0.1, -0.05) is 18.2 Å². The molecule has 1 unspecified atom stereocenters. The number of nitrogens with one attached hydrogen (secondary N) is 1. The van der Waals surface area contributed by atoms with Crippen molar-refractivity contribution < 1.29 is 19.0 Å². The molecule has 5 heteroatoms. The van der Waals surface area contributed by atoms with Gasteiger partial charge in [0.2, 0.25) is 5.91 Å². The maximum Gasteiger partial charge on any atom is 0.231 e. The van der Waals surface area contributed by atoms with Crippen LogP contribution in [0.4, 0.5) is 5.69 Å². The van der Waals surface area contributed by atoms with E-state index >= 15 is 0 Å². The van der Waals surface area contributed by atoms with Gasteiger partial charge in [0.15, 0.2) is 0 Å². The minimum absolute atomic E-state index is 0.0361. The molecule has 0 saturated heterocycles. The Morgan fingerprint density at radius 2 is 2.12 bits per heavy atom. The van der Waals surface area contributed by atoms with Gasteiger partial charge in [-0.2, -0.15) is 0 Å². The molecule has 2 aromatic carbocycles. The molecular weight excluding hydrogens is 306 g/mol. The Hall–Kier alpha value is -2.53. The summed E-state index contributed by atoms with van der Waals surface area (Å²) in [6.45, 7) is 0.884. The van der Waals surface area contributed by atoms with Crippen LogP contribution in [0.3, 0.4) is 0 Å². The van der Waals surface area contributed by atoms with Crippen LogP contribution in [0.25, 0.3) is 0 Å². The van der Waals surface area contributed by atoms with E-state index in [9.17, 15) is 4.79 Å². The summed E-state index contributed by atoms with van der Waals surface area (Å²) in [5, 5.41) is 2.96. The number of fused-ring (bicyclic) bond motifs is 1. The van der Waals surface area contributed by atoms with Crippen LogP contribution in [0.2, 0.25) is 0 Å². The molecule has 5 nitrogen and oxygen atoms in total. The highest BCUT2D eigenvalue weighted by atomic mass is 16.5. The largest absolute Gasteiger partial charge is 0.497 e. The number of ether oxygens (including phenoxy) is 3. The van der Waals surface area contributed by atoms with Gasteiger partial charge >= 0.3 is 0 Å². The molecule has 1 atom stereocenters. The minimum Gasteiger partial charge on any atom is -0.497 e. The number of carbonyl (C=O) groups excluding carboxylic acids is 1. The molecule has 0 fully saturated rings. The van der Waals surface area contributed by atoms with Crippen molar-refractivity contribution in [2.75, 3.05) is 26.1 Å². The third-order valence-electron chi connectivity index (χ3n) is 4.06. The van der Waals surface area contributed by atoms with Crippen LogP contribution in [0.5, 0.6) is 11.5 Å². The van der Waals surface area contributed by atoms with E-state index in [2.05, 4.69) is 5.32 Å². The van der Waals surface area contributed by atoms with Crippen molar-refractivity contribution in [3.8, 4) is 11.5 Å². The van der Waals surface area contributed by atoms with E-state index in [1.165, 1.54) is 0 Å². The van der Waals surface area contributed by atoms with Gasteiger partial charge in [-0.3, -0.25) is 4.79 Å². The Morgan fingerprint density at radius 1 is 1.25 bits per heavy atom. The zero-order valence-corrected chi connectivity index (χ0v) is 13.9. The first-order valence-electron chi connectivity index (χ1n) is 7.88. The van der Waals surface area contributed by atoms with Gasteiger partial charge in [0.25, 0.3) is 0 Å². The first-order chi connectivity index (χ1) is 11.7. The van der Waals surface area contributed by atoms with E-state index in [1.807, 2.05) is 42.5 Å². The van der Waals surface area contributed by atoms with E-state index in [0.29, 0.717) is 19.6 Å². The lowest BCUT2D eigenvalue weighted by molar-refractivity contribution is -0.121. The SMILES string of the molecule is COCc1cccc(NC(=O)C2COc3cc(OC)ccc3C2)c1. The quantitative estimate of drug-likeness (QED) is 0.917. The van der Waals surface area contributed by atoms with E-state index in [1.54, 1.807) is 14.2 Å². The molecule has 126 valence electrons. The van der Waals surface area contributed by atoms with Gasteiger partial charge in [0, 0.05) is 18.9 Å². The highest BCUT2D eigenvalue weighted by molar-refractivity contribution is 5.93. The third-order valence-corrected chi connectivity index (χ3v) is 4.06. The lowest BCUT2D eigenvalue weighted by Crippen LogP contribution is -2.32. The number of hydrogen-bond donors (Lipinski definition) is 1. The monoisotopic (exact) mass is 327 g/mol. The van der Waals surface area contributed by atoms with E-state index in [0.717, 1.165) is 28.3 Å². The first kappa shape index (κ1) is 16.3. The first-order valence-corrected chi connectivity index (χ1v) is 7.88. The summed E-state index contributed by atoms with van der Waals surface area (Å²) in [4.78, 5) is 12.5. The fourth-order valence-electron chi connectivity index (χ4n) is 2.80. The summed E-state index contributed by atoms with van der Waals surface area (Å²) in [6, 6.07) is 13.4. The Labute approximate surface area is 141 Å². The highest BCUT2D eigenvalue weighted by Gasteiger charge is 2.26. The maximum atomic E-state index is 12.5. The van der Waals surface area contributed by atoms with Gasteiger partial charge in [-0.25, -0.2) is 0 Å². The minimum atomic E-state index is -0.211. The van der Waals surface area contributed by atoms with Crippen molar-refractivity contribution in [1.82, 2.24) is 0 Å². The highest BCUT2D eigenvalue weighted by Crippen LogP contribution is 2.31. The molecule has 0 bridgehead atoms. The fourth-order valence-corrected chi connectivity index (χ4v) is 2.80. The third kappa shape index (κ3) is 3.68. The van der Waals surface area contributed by atoms with Gasteiger partial charge < -0.3 is 19.5 Å². The average molecular weight is 327 g/mol. The number of carbonyl (C=O) groups is 1. The molecule has 1 aliphatic rings.